The van der Waals surface area contributed by atoms with E-state index in [2.05, 4.69) is 17.1 Å². The summed E-state index contributed by atoms with van der Waals surface area (Å²) in [4.78, 5) is 2.67. The van der Waals surface area contributed by atoms with Crippen molar-refractivity contribution in [3.8, 4) is 0 Å². The average molecular weight is 226 g/mol. The van der Waals surface area contributed by atoms with Crippen LogP contribution in [-0.2, 0) is 4.74 Å². The first-order valence-electron chi connectivity index (χ1n) is 6.88. The molecule has 1 unspecified atom stereocenters. The first kappa shape index (κ1) is 12.3. The van der Waals surface area contributed by atoms with Crippen molar-refractivity contribution in [2.45, 2.75) is 38.6 Å². The molecule has 2 fully saturated rings. The van der Waals surface area contributed by atoms with Crippen LogP contribution in [0.1, 0.15) is 32.6 Å². The monoisotopic (exact) mass is 226 g/mol. The lowest BCUT2D eigenvalue weighted by Crippen LogP contribution is -2.41. The smallest absolute Gasteiger partial charge is 0.0469 e. The van der Waals surface area contributed by atoms with Crippen LogP contribution >= 0.6 is 0 Å². The summed E-state index contributed by atoms with van der Waals surface area (Å²) in [7, 11) is 0. The van der Waals surface area contributed by atoms with Crippen LogP contribution in [0.4, 0.5) is 0 Å². The van der Waals surface area contributed by atoms with Gasteiger partial charge in [-0.15, -0.1) is 0 Å². The predicted octanol–water partition coefficient (Wildman–Crippen LogP) is 1.49. The van der Waals surface area contributed by atoms with Gasteiger partial charge in [-0.25, -0.2) is 0 Å². The van der Waals surface area contributed by atoms with Crippen LogP contribution in [0.5, 0.6) is 0 Å². The van der Waals surface area contributed by atoms with Gasteiger partial charge >= 0.3 is 0 Å². The first-order valence-corrected chi connectivity index (χ1v) is 6.88. The molecule has 0 radical (unpaired) electrons. The zero-order valence-electron chi connectivity index (χ0n) is 10.6. The Hall–Kier alpha value is -0.120. The summed E-state index contributed by atoms with van der Waals surface area (Å²) < 4.78 is 5.42. The molecule has 16 heavy (non-hydrogen) atoms. The van der Waals surface area contributed by atoms with Crippen LogP contribution in [0, 0.1) is 5.92 Å². The number of ether oxygens (including phenoxy) is 1. The molecule has 2 heterocycles. The molecular weight excluding hydrogens is 200 g/mol. The highest BCUT2D eigenvalue weighted by Gasteiger charge is 2.18. The fourth-order valence-electron chi connectivity index (χ4n) is 2.72. The molecule has 94 valence electrons. The van der Waals surface area contributed by atoms with E-state index in [1.165, 1.54) is 51.9 Å². The van der Waals surface area contributed by atoms with Crippen molar-refractivity contribution >= 4 is 0 Å². The third kappa shape index (κ3) is 4.04. The van der Waals surface area contributed by atoms with Crippen LogP contribution in [0.25, 0.3) is 0 Å². The zero-order chi connectivity index (χ0) is 11.2. The molecule has 2 rings (SSSR count). The van der Waals surface area contributed by atoms with Crippen molar-refractivity contribution in [2.24, 2.45) is 5.92 Å². The van der Waals surface area contributed by atoms with Gasteiger partial charge in [0.05, 0.1) is 0 Å². The SMILES string of the molecule is CC1CCN(CC2CCOCC2)CCCN1. The Morgan fingerprint density at radius 2 is 2.00 bits per heavy atom. The molecule has 2 saturated heterocycles. The maximum Gasteiger partial charge on any atom is 0.0469 e. The molecule has 0 saturated carbocycles. The molecule has 3 heteroatoms. The Labute approximate surface area is 99.5 Å². The average Bonchev–Trinajstić information content (AvgIpc) is 2.30. The first-order chi connectivity index (χ1) is 7.84. The second-order valence-corrected chi connectivity index (χ2v) is 5.35. The Bertz CT molecular complexity index is 192. The van der Waals surface area contributed by atoms with Gasteiger partial charge in [-0.3, -0.25) is 0 Å². The van der Waals surface area contributed by atoms with E-state index in [1.54, 1.807) is 0 Å². The van der Waals surface area contributed by atoms with Gasteiger partial charge in [0.2, 0.25) is 0 Å². The Morgan fingerprint density at radius 3 is 2.81 bits per heavy atom. The van der Waals surface area contributed by atoms with Gasteiger partial charge in [-0.05, 0) is 58.2 Å². The Kier molecular flexibility index (Phi) is 5.07. The highest BCUT2D eigenvalue weighted by Crippen LogP contribution is 2.17. The number of rotatable bonds is 2. The maximum atomic E-state index is 5.42. The summed E-state index contributed by atoms with van der Waals surface area (Å²) in [5.74, 6) is 0.886. The van der Waals surface area contributed by atoms with Gasteiger partial charge in [-0.2, -0.15) is 0 Å². The van der Waals surface area contributed by atoms with Crippen LogP contribution in [-0.4, -0.2) is 50.3 Å². The molecule has 0 aromatic rings. The molecule has 3 nitrogen and oxygen atoms in total. The summed E-state index contributed by atoms with van der Waals surface area (Å²) in [5.41, 5.74) is 0. The lowest BCUT2D eigenvalue weighted by Gasteiger charge is -2.32. The Morgan fingerprint density at radius 1 is 1.19 bits per heavy atom. The number of nitrogens with zero attached hydrogens (tertiary/aromatic N) is 1. The number of hydrogen-bond acceptors (Lipinski definition) is 3. The molecule has 0 bridgehead atoms. The fourth-order valence-corrected chi connectivity index (χ4v) is 2.72. The minimum absolute atomic E-state index is 0.692. The summed E-state index contributed by atoms with van der Waals surface area (Å²) in [6.45, 7) is 9.30. The molecule has 0 aliphatic carbocycles. The van der Waals surface area contributed by atoms with Crippen molar-refractivity contribution in [2.75, 3.05) is 39.4 Å². The summed E-state index contributed by atoms with van der Waals surface area (Å²) >= 11 is 0. The van der Waals surface area contributed by atoms with Crippen LogP contribution in [0.3, 0.4) is 0 Å². The van der Waals surface area contributed by atoms with Crippen molar-refractivity contribution in [3.05, 3.63) is 0 Å². The van der Waals surface area contributed by atoms with Crippen LogP contribution in [0.2, 0.25) is 0 Å². The standard InChI is InChI=1S/C13H26N2O/c1-12-3-8-15(7-2-6-14-12)11-13-4-9-16-10-5-13/h12-14H,2-11H2,1H3. The molecule has 2 aliphatic heterocycles. The third-order valence-corrected chi connectivity index (χ3v) is 3.88. The largest absolute Gasteiger partial charge is 0.381 e. The lowest BCUT2D eigenvalue weighted by atomic mass is 9.99. The highest BCUT2D eigenvalue weighted by molar-refractivity contribution is 4.73. The van der Waals surface area contributed by atoms with Crippen LogP contribution < -0.4 is 5.32 Å². The minimum atomic E-state index is 0.692. The van der Waals surface area contributed by atoms with E-state index >= 15 is 0 Å². The predicted molar refractivity (Wildman–Crippen MR) is 66.7 cm³/mol. The van der Waals surface area contributed by atoms with Gasteiger partial charge in [0.25, 0.3) is 0 Å². The van der Waals surface area contributed by atoms with Crippen molar-refractivity contribution in [3.63, 3.8) is 0 Å². The van der Waals surface area contributed by atoms with Crippen molar-refractivity contribution in [1.82, 2.24) is 10.2 Å². The Balaban J connectivity index is 1.73. The maximum absolute atomic E-state index is 5.42. The molecule has 2 aliphatic rings. The van der Waals surface area contributed by atoms with E-state index in [0.29, 0.717) is 6.04 Å². The number of nitrogens with one attached hydrogen (secondary N) is 1. The second-order valence-electron chi connectivity index (χ2n) is 5.35. The van der Waals surface area contributed by atoms with Gasteiger partial charge in [0.15, 0.2) is 0 Å². The topological polar surface area (TPSA) is 24.5 Å². The van der Waals surface area contributed by atoms with E-state index in [9.17, 15) is 0 Å². The van der Waals surface area contributed by atoms with Gasteiger partial charge in [0, 0.05) is 25.8 Å². The second kappa shape index (κ2) is 6.58. The summed E-state index contributed by atoms with van der Waals surface area (Å²) in [6.07, 6.45) is 5.13. The van der Waals surface area contributed by atoms with E-state index in [1.807, 2.05) is 0 Å². The molecule has 1 N–H and O–H groups in total. The molecule has 0 aromatic heterocycles. The van der Waals surface area contributed by atoms with Crippen LogP contribution in [0.15, 0.2) is 0 Å². The third-order valence-electron chi connectivity index (χ3n) is 3.88. The molecular formula is C13H26N2O. The minimum Gasteiger partial charge on any atom is -0.381 e. The molecule has 0 amide bonds. The van der Waals surface area contributed by atoms with Crippen molar-refractivity contribution < 1.29 is 4.74 Å². The normalized spacial score (nSPS) is 30.9. The fraction of sp³-hybridized carbons (Fsp3) is 1.00. The quantitative estimate of drug-likeness (QED) is 0.772. The highest BCUT2D eigenvalue weighted by atomic mass is 16.5. The van der Waals surface area contributed by atoms with Gasteiger partial charge in [-0.1, -0.05) is 0 Å². The van der Waals surface area contributed by atoms with Crippen molar-refractivity contribution in [1.29, 1.82) is 0 Å². The lowest BCUT2D eigenvalue weighted by molar-refractivity contribution is 0.0511. The molecule has 0 aromatic carbocycles. The molecule has 1 atom stereocenters. The summed E-state index contributed by atoms with van der Waals surface area (Å²) in [5, 5.41) is 3.56. The summed E-state index contributed by atoms with van der Waals surface area (Å²) in [6, 6.07) is 0.692. The van der Waals surface area contributed by atoms with E-state index in [-0.39, 0.29) is 0 Å². The molecule has 0 spiro atoms. The number of hydrogen-bond donors (Lipinski definition) is 1. The van der Waals surface area contributed by atoms with Gasteiger partial charge < -0.3 is 15.0 Å². The zero-order valence-corrected chi connectivity index (χ0v) is 10.6. The van der Waals surface area contributed by atoms with Gasteiger partial charge in [0.1, 0.15) is 0 Å². The van der Waals surface area contributed by atoms with E-state index < -0.39 is 0 Å². The van der Waals surface area contributed by atoms with E-state index in [4.69, 9.17) is 4.74 Å². The van der Waals surface area contributed by atoms with E-state index in [0.717, 1.165) is 19.1 Å².